The Morgan fingerprint density at radius 1 is 1.00 bits per heavy atom. The Kier molecular flexibility index (Phi) is 4.79. The first-order valence-electron chi connectivity index (χ1n) is 7.62. The van der Waals surface area contributed by atoms with Crippen LogP contribution in [0.4, 0.5) is 0 Å². The molecule has 2 heterocycles. The number of rotatable bonds is 2. The number of fused-ring (bicyclic) bond motifs is 1. The van der Waals surface area contributed by atoms with Gasteiger partial charge in [-0.15, -0.1) is 0 Å². The summed E-state index contributed by atoms with van der Waals surface area (Å²) in [5, 5.41) is 1.36. The molecule has 2 nitrogen and oxygen atoms in total. The van der Waals surface area contributed by atoms with Gasteiger partial charge in [-0.2, -0.15) is 0 Å². The molecular formula is C19H24N2. The Morgan fingerprint density at radius 3 is 2.38 bits per heavy atom. The van der Waals surface area contributed by atoms with Crippen molar-refractivity contribution in [1.82, 2.24) is 9.55 Å². The van der Waals surface area contributed by atoms with Gasteiger partial charge in [0, 0.05) is 30.0 Å². The summed E-state index contributed by atoms with van der Waals surface area (Å²) in [5.74, 6) is 0. The zero-order chi connectivity index (χ0) is 15.4. The summed E-state index contributed by atoms with van der Waals surface area (Å²) in [4.78, 5) is 4.20. The van der Waals surface area contributed by atoms with Crippen LogP contribution in [0.3, 0.4) is 0 Å². The molecule has 0 spiro atoms. The average molecular weight is 280 g/mol. The molecule has 0 saturated heterocycles. The molecule has 0 bridgehead atoms. The van der Waals surface area contributed by atoms with E-state index in [9.17, 15) is 0 Å². The Balaban J connectivity index is 0.000000774. The van der Waals surface area contributed by atoms with Crippen molar-refractivity contribution < 1.29 is 0 Å². The van der Waals surface area contributed by atoms with E-state index >= 15 is 0 Å². The highest BCUT2D eigenvalue weighted by Crippen LogP contribution is 2.26. The second-order valence-electron chi connectivity index (χ2n) is 5.19. The Hall–Kier alpha value is -2.09. The van der Waals surface area contributed by atoms with Gasteiger partial charge in [-0.3, -0.25) is 4.98 Å². The third-order valence-corrected chi connectivity index (χ3v) is 3.75. The van der Waals surface area contributed by atoms with Crippen LogP contribution < -0.4 is 0 Å². The van der Waals surface area contributed by atoms with Crippen molar-refractivity contribution in [3.05, 3.63) is 65.1 Å². The maximum atomic E-state index is 4.20. The second-order valence-corrected chi connectivity index (χ2v) is 5.19. The summed E-state index contributed by atoms with van der Waals surface area (Å²) in [5.41, 5.74) is 6.56. The van der Waals surface area contributed by atoms with Crippen molar-refractivity contribution in [3.8, 4) is 0 Å². The lowest BCUT2D eigenvalue weighted by atomic mass is 10.1. The quantitative estimate of drug-likeness (QED) is 0.643. The predicted molar refractivity (Wildman–Crippen MR) is 90.8 cm³/mol. The van der Waals surface area contributed by atoms with Crippen LogP contribution in [0.5, 0.6) is 0 Å². The second kappa shape index (κ2) is 6.57. The lowest BCUT2D eigenvalue weighted by Crippen LogP contribution is -2.02. The Bertz CT molecular complexity index is 724. The molecule has 21 heavy (non-hydrogen) atoms. The van der Waals surface area contributed by atoms with Gasteiger partial charge >= 0.3 is 0 Å². The molecule has 3 rings (SSSR count). The van der Waals surface area contributed by atoms with Crippen LogP contribution in [-0.4, -0.2) is 9.55 Å². The molecule has 1 aromatic carbocycles. The first-order valence-corrected chi connectivity index (χ1v) is 7.62. The lowest BCUT2D eigenvalue weighted by Gasteiger charge is -2.10. The minimum atomic E-state index is 0.882. The molecule has 2 heteroatoms. The third kappa shape index (κ3) is 2.99. The first kappa shape index (κ1) is 15.3. The van der Waals surface area contributed by atoms with Crippen molar-refractivity contribution in [2.75, 3.05) is 0 Å². The number of benzene rings is 1. The smallest absolute Gasteiger partial charge is 0.0517 e. The van der Waals surface area contributed by atoms with Gasteiger partial charge in [-0.25, -0.2) is 0 Å². The molecule has 0 amide bonds. The molecule has 0 aliphatic heterocycles. The summed E-state index contributed by atoms with van der Waals surface area (Å²) in [7, 11) is 0. The topological polar surface area (TPSA) is 17.8 Å². The molecule has 0 saturated carbocycles. The normalized spacial score (nSPS) is 10.3. The first-order chi connectivity index (χ1) is 10.2. The van der Waals surface area contributed by atoms with Crippen LogP contribution >= 0.6 is 0 Å². The Morgan fingerprint density at radius 2 is 1.71 bits per heavy atom. The van der Waals surface area contributed by atoms with Crippen LogP contribution in [0.1, 0.15) is 36.2 Å². The van der Waals surface area contributed by atoms with E-state index in [1.165, 1.54) is 33.3 Å². The molecule has 2 aromatic heterocycles. The van der Waals surface area contributed by atoms with Gasteiger partial charge in [0.1, 0.15) is 0 Å². The standard InChI is InChI=1S/C17H18N2.C2H6/c1-12-6-7-13(2)17-16(12)9-14(3)19(17)11-15-5-4-8-18-10-15;1-2/h4-10H,11H2,1-3H3;1-2H3. The molecule has 0 atom stereocenters. The maximum Gasteiger partial charge on any atom is 0.0517 e. The summed E-state index contributed by atoms with van der Waals surface area (Å²) in [6, 6.07) is 10.8. The van der Waals surface area contributed by atoms with E-state index in [-0.39, 0.29) is 0 Å². The number of aromatic nitrogens is 2. The minimum absolute atomic E-state index is 0.882. The van der Waals surface area contributed by atoms with Crippen molar-refractivity contribution in [2.45, 2.75) is 41.2 Å². The van der Waals surface area contributed by atoms with E-state index in [2.05, 4.69) is 54.6 Å². The number of pyridine rings is 1. The number of aryl methyl sites for hydroxylation is 3. The number of hydrogen-bond donors (Lipinski definition) is 0. The maximum absolute atomic E-state index is 4.20. The van der Waals surface area contributed by atoms with Gasteiger partial charge < -0.3 is 4.57 Å². The molecule has 3 aromatic rings. The monoisotopic (exact) mass is 280 g/mol. The van der Waals surface area contributed by atoms with Crippen molar-refractivity contribution >= 4 is 10.9 Å². The van der Waals surface area contributed by atoms with E-state index in [1.807, 2.05) is 32.3 Å². The van der Waals surface area contributed by atoms with Crippen molar-refractivity contribution in [3.63, 3.8) is 0 Å². The third-order valence-electron chi connectivity index (χ3n) is 3.75. The lowest BCUT2D eigenvalue weighted by molar-refractivity contribution is 0.798. The van der Waals surface area contributed by atoms with E-state index in [0.29, 0.717) is 0 Å². The van der Waals surface area contributed by atoms with Crippen LogP contribution in [0.2, 0.25) is 0 Å². The Labute approximate surface area is 127 Å². The molecule has 0 unspecified atom stereocenters. The molecule has 110 valence electrons. The minimum Gasteiger partial charge on any atom is -0.340 e. The highest BCUT2D eigenvalue weighted by Gasteiger charge is 2.10. The highest BCUT2D eigenvalue weighted by atomic mass is 15.0. The number of nitrogens with zero attached hydrogens (tertiary/aromatic N) is 2. The summed E-state index contributed by atoms with van der Waals surface area (Å²) in [6.45, 7) is 11.4. The van der Waals surface area contributed by atoms with Crippen LogP contribution in [0, 0.1) is 20.8 Å². The van der Waals surface area contributed by atoms with Gasteiger partial charge in [-0.1, -0.05) is 32.0 Å². The van der Waals surface area contributed by atoms with Gasteiger partial charge in [0.15, 0.2) is 0 Å². The summed E-state index contributed by atoms with van der Waals surface area (Å²) >= 11 is 0. The molecule has 0 aliphatic carbocycles. The number of hydrogen-bond acceptors (Lipinski definition) is 1. The van der Waals surface area contributed by atoms with Gasteiger partial charge in [-0.05, 0) is 49.6 Å². The molecule has 0 N–H and O–H groups in total. The van der Waals surface area contributed by atoms with Crippen LogP contribution in [0.25, 0.3) is 10.9 Å². The molecule has 0 radical (unpaired) electrons. The highest BCUT2D eigenvalue weighted by molar-refractivity contribution is 5.87. The van der Waals surface area contributed by atoms with E-state index in [1.54, 1.807) is 0 Å². The molecule has 0 fully saturated rings. The van der Waals surface area contributed by atoms with E-state index in [0.717, 1.165) is 6.54 Å². The van der Waals surface area contributed by atoms with E-state index < -0.39 is 0 Å². The van der Waals surface area contributed by atoms with E-state index in [4.69, 9.17) is 0 Å². The largest absolute Gasteiger partial charge is 0.340 e. The van der Waals surface area contributed by atoms with Crippen molar-refractivity contribution in [2.24, 2.45) is 0 Å². The summed E-state index contributed by atoms with van der Waals surface area (Å²) < 4.78 is 2.38. The van der Waals surface area contributed by atoms with Crippen LogP contribution in [0.15, 0.2) is 42.7 Å². The molecule has 0 aliphatic rings. The zero-order valence-electron chi connectivity index (χ0n) is 13.6. The molecular weight excluding hydrogens is 256 g/mol. The van der Waals surface area contributed by atoms with Gasteiger partial charge in [0.25, 0.3) is 0 Å². The SMILES string of the molecule is CC.Cc1ccc(C)c2c1cc(C)n2Cc1cccnc1. The summed E-state index contributed by atoms with van der Waals surface area (Å²) in [6.07, 6.45) is 3.76. The fourth-order valence-electron chi connectivity index (χ4n) is 2.70. The zero-order valence-corrected chi connectivity index (χ0v) is 13.6. The van der Waals surface area contributed by atoms with Crippen molar-refractivity contribution in [1.29, 1.82) is 0 Å². The van der Waals surface area contributed by atoms with Crippen LogP contribution in [-0.2, 0) is 6.54 Å². The van der Waals surface area contributed by atoms with Gasteiger partial charge in [0.05, 0.1) is 5.52 Å². The van der Waals surface area contributed by atoms with Gasteiger partial charge in [0.2, 0.25) is 0 Å². The predicted octanol–water partition coefficient (Wildman–Crippen LogP) is 5.04. The fourth-order valence-corrected chi connectivity index (χ4v) is 2.70. The average Bonchev–Trinajstić information content (AvgIpc) is 2.85. The fraction of sp³-hybridized carbons (Fsp3) is 0.316.